The first-order chi connectivity index (χ1) is 9.61. The molecule has 0 aliphatic carbocycles. The minimum atomic E-state index is 0.263. The van der Waals surface area contributed by atoms with Gasteiger partial charge in [-0.2, -0.15) is 5.26 Å². The summed E-state index contributed by atoms with van der Waals surface area (Å²) in [5, 5.41) is 21.9. The van der Waals surface area contributed by atoms with E-state index in [9.17, 15) is 0 Å². The van der Waals surface area contributed by atoms with Gasteiger partial charge in [-0.25, -0.2) is 0 Å². The molecule has 1 fully saturated rings. The minimum absolute atomic E-state index is 0.263. The van der Waals surface area contributed by atoms with Crippen molar-refractivity contribution >= 4 is 5.96 Å². The standard InChI is InChI=1S/C14H28N6/c1-11(2)20-14(19-10-15)17-8-6-12(3)18-9-13-5-4-7-16-13/h11-13,16,18H,4-9H2,1-3H3,(H2,17,19,20). The lowest BCUT2D eigenvalue weighted by molar-refractivity contribution is 0.459. The molecule has 2 atom stereocenters. The Labute approximate surface area is 122 Å². The summed E-state index contributed by atoms with van der Waals surface area (Å²) in [6.07, 6.45) is 5.37. The van der Waals surface area contributed by atoms with Gasteiger partial charge in [-0.1, -0.05) is 0 Å². The highest BCUT2D eigenvalue weighted by Crippen LogP contribution is 2.03. The van der Waals surface area contributed by atoms with Gasteiger partial charge >= 0.3 is 0 Å². The first-order valence-corrected chi connectivity index (χ1v) is 7.55. The van der Waals surface area contributed by atoms with E-state index >= 15 is 0 Å². The van der Waals surface area contributed by atoms with Crippen LogP contribution in [0.25, 0.3) is 0 Å². The predicted molar refractivity (Wildman–Crippen MR) is 82.4 cm³/mol. The van der Waals surface area contributed by atoms with Gasteiger partial charge in [-0.15, -0.1) is 4.99 Å². The molecule has 0 aromatic heterocycles. The van der Waals surface area contributed by atoms with E-state index in [-0.39, 0.29) is 6.04 Å². The predicted octanol–water partition coefficient (Wildman–Crippen LogP) is 0.531. The van der Waals surface area contributed by atoms with Gasteiger partial charge in [-0.05, 0) is 46.6 Å². The average molecular weight is 280 g/mol. The SMILES string of the molecule is CC(C)N/C(=N/C#N)NCCC(C)NCC1CCCN1. The zero-order chi connectivity index (χ0) is 14.8. The van der Waals surface area contributed by atoms with Crippen LogP contribution in [0.15, 0.2) is 4.99 Å². The van der Waals surface area contributed by atoms with E-state index < -0.39 is 0 Å². The van der Waals surface area contributed by atoms with Gasteiger partial charge in [0.15, 0.2) is 0 Å². The Hall–Kier alpha value is -1.32. The van der Waals surface area contributed by atoms with E-state index in [4.69, 9.17) is 5.26 Å². The molecule has 0 bridgehead atoms. The van der Waals surface area contributed by atoms with Crippen molar-refractivity contribution in [1.82, 2.24) is 21.3 Å². The fourth-order valence-corrected chi connectivity index (χ4v) is 2.23. The van der Waals surface area contributed by atoms with Crippen LogP contribution in [0.5, 0.6) is 0 Å². The molecule has 1 saturated heterocycles. The monoisotopic (exact) mass is 280 g/mol. The lowest BCUT2D eigenvalue weighted by Crippen LogP contribution is -2.43. The molecule has 20 heavy (non-hydrogen) atoms. The van der Waals surface area contributed by atoms with Gasteiger partial charge in [0.2, 0.25) is 12.2 Å². The third kappa shape index (κ3) is 7.31. The molecule has 1 rings (SSSR count). The van der Waals surface area contributed by atoms with Crippen LogP contribution in [0.4, 0.5) is 0 Å². The van der Waals surface area contributed by atoms with Crippen molar-refractivity contribution < 1.29 is 0 Å². The molecule has 6 heteroatoms. The molecule has 0 saturated carbocycles. The lowest BCUT2D eigenvalue weighted by Gasteiger charge is -2.19. The summed E-state index contributed by atoms with van der Waals surface area (Å²) in [5.74, 6) is 0.562. The average Bonchev–Trinajstić information content (AvgIpc) is 2.89. The zero-order valence-corrected chi connectivity index (χ0v) is 12.9. The van der Waals surface area contributed by atoms with Crippen molar-refractivity contribution in [2.24, 2.45) is 4.99 Å². The molecule has 0 spiro atoms. The van der Waals surface area contributed by atoms with Crippen LogP contribution >= 0.6 is 0 Å². The fraction of sp³-hybridized carbons (Fsp3) is 0.857. The van der Waals surface area contributed by atoms with Gasteiger partial charge < -0.3 is 21.3 Å². The van der Waals surface area contributed by atoms with Gasteiger partial charge in [0.25, 0.3) is 0 Å². The second-order valence-electron chi connectivity index (χ2n) is 5.68. The third-order valence-electron chi connectivity index (χ3n) is 3.33. The van der Waals surface area contributed by atoms with Gasteiger partial charge in [-0.3, -0.25) is 0 Å². The van der Waals surface area contributed by atoms with E-state index in [2.05, 4.69) is 33.2 Å². The van der Waals surface area contributed by atoms with Crippen molar-refractivity contribution in [2.75, 3.05) is 19.6 Å². The fourth-order valence-electron chi connectivity index (χ4n) is 2.23. The number of aliphatic imine (C=N–C) groups is 1. The zero-order valence-electron chi connectivity index (χ0n) is 12.9. The van der Waals surface area contributed by atoms with Gasteiger partial charge in [0.05, 0.1) is 0 Å². The Bertz CT molecular complexity index is 327. The van der Waals surface area contributed by atoms with Crippen molar-refractivity contribution in [2.45, 2.75) is 58.2 Å². The second kappa shape index (κ2) is 9.56. The van der Waals surface area contributed by atoms with E-state index in [0.717, 1.165) is 26.1 Å². The van der Waals surface area contributed by atoms with Crippen molar-refractivity contribution in [1.29, 1.82) is 5.26 Å². The van der Waals surface area contributed by atoms with Crippen molar-refractivity contribution in [3.8, 4) is 6.19 Å². The van der Waals surface area contributed by atoms with Crippen LogP contribution in [0, 0.1) is 11.5 Å². The Morgan fingerprint density at radius 1 is 1.45 bits per heavy atom. The molecular formula is C14H28N6. The van der Waals surface area contributed by atoms with Crippen LogP contribution in [0.1, 0.15) is 40.0 Å². The number of nitrogens with zero attached hydrogens (tertiary/aromatic N) is 2. The topological polar surface area (TPSA) is 84.3 Å². The molecule has 2 unspecified atom stereocenters. The molecule has 4 N–H and O–H groups in total. The maximum absolute atomic E-state index is 8.63. The summed E-state index contributed by atoms with van der Waals surface area (Å²) >= 11 is 0. The maximum Gasteiger partial charge on any atom is 0.209 e. The second-order valence-corrected chi connectivity index (χ2v) is 5.68. The van der Waals surface area contributed by atoms with Crippen LogP contribution < -0.4 is 21.3 Å². The highest BCUT2D eigenvalue weighted by Gasteiger charge is 2.14. The van der Waals surface area contributed by atoms with Crippen LogP contribution in [-0.2, 0) is 0 Å². The normalized spacial score (nSPS) is 20.8. The maximum atomic E-state index is 8.63. The highest BCUT2D eigenvalue weighted by atomic mass is 15.2. The summed E-state index contributed by atoms with van der Waals surface area (Å²) in [6, 6.07) is 1.34. The van der Waals surface area contributed by atoms with Crippen LogP contribution in [0.3, 0.4) is 0 Å². The molecule has 1 aliphatic heterocycles. The Morgan fingerprint density at radius 3 is 2.85 bits per heavy atom. The molecule has 1 aliphatic rings. The summed E-state index contributed by atoms with van der Waals surface area (Å²) in [5.41, 5.74) is 0. The number of guanidine groups is 1. The number of nitrogens with one attached hydrogen (secondary N) is 4. The summed E-state index contributed by atoms with van der Waals surface area (Å²) in [7, 11) is 0. The molecular weight excluding hydrogens is 252 g/mol. The first-order valence-electron chi connectivity index (χ1n) is 7.55. The molecule has 6 nitrogen and oxygen atoms in total. The Kier molecular flexibility index (Phi) is 8.00. The van der Waals surface area contributed by atoms with E-state index in [1.54, 1.807) is 0 Å². The molecule has 0 aromatic rings. The molecule has 114 valence electrons. The lowest BCUT2D eigenvalue weighted by atomic mass is 10.2. The van der Waals surface area contributed by atoms with Crippen LogP contribution in [-0.4, -0.2) is 43.7 Å². The minimum Gasteiger partial charge on any atom is -0.355 e. The number of nitriles is 1. The van der Waals surface area contributed by atoms with Gasteiger partial charge in [0, 0.05) is 31.2 Å². The smallest absolute Gasteiger partial charge is 0.209 e. The number of rotatable bonds is 7. The largest absolute Gasteiger partial charge is 0.355 e. The summed E-state index contributed by atoms with van der Waals surface area (Å²) in [4.78, 5) is 3.74. The quantitative estimate of drug-likeness (QED) is 0.311. The third-order valence-corrected chi connectivity index (χ3v) is 3.33. The molecule has 0 radical (unpaired) electrons. The van der Waals surface area contributed by atoms with E-state index in [1.165, 1.54) is 12.8 Å². The van der Waals surface area contributed by atoms with Crippen molar-refractivity contribution in [3.63, 3.8) is 0 Å². The Balaban J connectivity index is 2.14. The number of hydrogen-bond acceptors (Lipinski definition) is 4. The van der Waals surface area contributed by atoms with E-state index in [1.807, 2.05) is 20.0 Å². The molecule has 0 aromatic carbocycles. The first kappa shape index (κ1) is 16.7. The van der Waals surface area contributed by atoms with E-state index in [0.29, 0.717) is 18.0 Å². The van der Waals surface area contributed by atoms with Crippen molar-refractivity contribution in [3.05, 3.63) is 0 Å². The summed E-state index contributed by atoms with van der Waals surface area (Å²) in [6.45, 7) is 9.21. The van der Waals surface area contributed by atoms with Crippen LogP contribution in [0.2, 0.25) is 0 Å². The highest BCUT2D eigenvalue weighted by molar-refractivity contribution is 5.80. The number of hydrogen-bond donors (Lipinski definition) is 4. The summed E-state index contributed by atoms with van der Waals surface area (Å²) < 4.78 is 0. The van der Waals surface area contributed by atoms with Gasteiger partial charge in [0.1, 0.15) is 0 Å². The Morgan fingerprint density at radius 2 is 2.25 bits per heavy atom. The molecule has 0 amide bonds. The molecule has 1 heterocycles.